The van der Waals surface area contributed by atoms with Crippen molar-refractivity contribution in [2.45, 2.75) is 23.3 Å². The third kappa shape index (κ3) is 2.82. The summed E-state index contributed by atoms with van der Waals surface area (Å²) in [6.07, 6.45) is 2.70. The molecule has 0 saturated carbocycles. The summed E-state index contributed by atoms with van der Waals surface area (Å²) in [4.78, 5) is 5.44. The molecule has 104 valence electrons. The first-order valence-electron chi connectivity index (χ1n) is 6.52. The van der Waals surface area contributed by atoms with Gasteiger partial charge in [-0.05, 0) is 36.8 Å². The molecule has 0 unspecified atom stereocenters. The number of nitrogen functional groups attached to an aromatic ring is 1. The third-order valence-electron chi connectivity index (χ3n) is 3.06. The van der Waals surface area contributed by atoms with Crippen molar-refractivity contribution in [2.75, 3.05) is 18.9 Å². The fraction of sp³-hybridized carbons (Fsp3) is 0.267. The smallest absolute Gasteiger partial charge is 0.162 e. The molecule has 0 fully saturated rings. The molecule has 20 heavy (non-hydrogen) atoms. The van der Waals surface area contributed by atoms with E-state index in [1.54, 1.807) is 18.0 Å². The summed E-state index contributed by atoms with van der Waals surface area (Å²) in [6, 6.07) is 7.84. The van der Waals surface area contributed by atoms with Crippen molar-refractivity contribution in [3.05, 3.63) is 36.0 Å². The quantitative estimate of drug-likeness (QED) is 0.919. The molecule has 0 aliphatic carbocycles. The topological polar surface area (TPSA) is 57.4 Å². The molecule has 3 rings (SSSR count). The minimum Gasteiger partial charge on any atom is -0.490 e. The highest BCUT2D eigenvalue weighted by atomic mass is 32.2. The van der Waals surface area contributed by atoms with Crippen molar-refractivity contribution >= 4 is 17.4 Å². The molecular weight excluding hydrogens is 272 g/mol. The van der Waals surface area contributed by atoms with Crippen LogP contribution < -0.4 is 15.2 Å². The number of hydrogen-bond donors (Lipinski definition) is 1. The molecule has 1 aromatic carbocycles. The van der Waals surface area contributed by atoms with E-state index in [9.17, 15) is 0 Å². The van der Waals surface area contributed by atoms with Gasteiger partial charge < -0.3 is 15.2 Å². The second-order valence-electron chi connectivity index (χ2n) is 4.64. The van der Waals surface area contributed by atoms with E-state index in [1.165, 1.54) is 0 Å². The van der Waals surface area contributed by atoms with Gasteiger partial charge in [-0.3, -0.25) is 0 Å². The van der Waals surface area contributed by atoms with Crippen LogP contribution in [0, 0.1) is 6.92 Å². The lowest BCUT2D eigenvalue weighted by atomic mass is 10.3. The van der Waals surface area contributed by atoms with Crippen LogP contribution in [0.25, 0.3) is 0 Å². The first-order valence-corrected chi connectivity index (χ1v) is 7.33. The number of pyridine rings is 1. The average Bonchev–Trinajstić information content (AvgIpc) is 2.68. The maximum atomic E-state index is 5.91. The Labute approximate surface area is 122 Å². The first kappa shape index (κ1) is 13.1. The fourth-order valence-electron chi connectivity index (χ4n) is 1.90. The van der Waals surface area contributed by atoms with Gasteiger partial charge >= 0.3 is 0 Å². The maximum absolute atomic E-state index is 5.91. The lowest BCUT2D eigenvalue weighted by molar-refractivity contribution is 0.297. The predicted molar refractivity (Wildman–Crippen MR) is 79.6 cm³/mol. The Morgan fingerprint density at radius 1 is 1.15 bits per heavy atom. The number of anilines is 1. The van der Waals surface area contributed by atoms with Gasteiger partial charge in [-0.2, -0.15) is 0 Å². The highest BCUT2D eigenvalue weighted by Crippen LogP contribution is 2.36. The lowest BCUT2D eigenvalue weighted by Crippen LogP contribution is -1.97. The number of fused-ring (bicyclic) bond motifs is 1. The van der Waals surface area contributed by atoms with Crippen molar-refractivity contribution in [1.29, 1.82) is 0 Å². The molecule has 0 bridgehead atoms. The van der Waals surface area contributed by atoms with E-state index in [0.29, 0.717) is 13.2 Å². The Morgan fingerprint density at radius 3 is 2.75 bits per heavy atom. The van der Waals surface area contributed by atoms with Crippen molar-refractivity contribution < 1.29 is 9.47 Å². The van der Waals surface area contributed by atoms with Crippen LogP contribution in [0.3, 0.4) is 0 Å². The van der Waals surface area contributed by atoms with Crippen molar-refractivity contribution in [3.8, 4) is 11.5 Å². The van der Waals surface area contributed by atoms with Gasteiger partial charge in [-0.25, -0.2) is 4.98 Å². The maximum Gasteiger partial charge on any atom is 0.162 e. The predicted octanol–water partition coefficient (Wildman–Crippen LogP) is 3.28. The molecular formula is C15H16N2O2S. The van der Waals surface area contributed by atoms with Gasteiger partial charge in [0.15, 0.2) is 11.5 Å². The second kappa shape index (κ2) is 5.63. The molecule has 1 aliphatic heterocycles. The number of nitrogens with two attached hydrogens (primary N) is 1. The zero-order valence-electron chi connectivity index (χ0n) is 11.3. The summed E-state index contributed by atoms with van der Waals surface area (Å²) in [6.45, 7) is 3.34. The van der Waals surface area contributed by atoms with E-state index in [1.807, 2.05) is 31.2 Å². The van der Waals surface area contributed by atoms with Crippen molar-refractivity contribution in [1.82, 2.24) is 4.98 Å². The van der Waals surface area contributed by atoms with Crippen LogP contribution in [-0.2, 0) is 0 Å². The van der Waals surface area contributed by atoms with Crippen LogP contribution in [0.15, 0.2) is 40.4 Å². The summed E-state index contributed by atoms with van der Waals surface area (Å²) in [7, 11) is 0. The highest BCUT2D eigenvalue weighted by Gasteiger charge is 2.11. The Kier molecular flexibility index (Phi) is 3.69. The van der Waals surface area contributed by atoms with E-state index >= 15 is 0 Å². The first-order chi connectivity index (χ1) is 9.72. The third-order valence-corrected chi connectivity index (χ3v) is 3.98. The van der Waals surface area contributed by atoms with E-state index < -0.39 is 0 Å². The molecule has 0 radical (unpaired) electrons. The molecule has 5 heteroatoms. The van der Waals surface area contributed by atoms with Crippen molar-refractivity contribution in [2.24, 2.45) is 0 Å². The van der Waals surface area contributed by atoms with Gasteiger partial charge in [-0.15, -0.1) is 0 Å². The van der Waals surface area contributed by atoms with Crippen LogP contribution in [0.1, 0.15) is 12.0 Å². The molecule has 2 N–H and O–H groups in total. The van der Waals surface area contributed by atoms with Crippen LogP contribution in [0.2, 0.25) is 0 Å². The Balaban J connectivity index is 1.83. The number of ether oxygens (including phenoxy) is 2. The molecule has 1 aromatic heterocycles. The second-order valence-corrected chi connectivity index (χ2v) is 5.73. The van der Waals surface area contributed by atoms with Gasteiger partial charge in [0.05, 0.1) is 13.2 Å². The molecule has 0 saturated heterocycles. The number of hydrogen-bond acceptors (Lipinski definition) is 5. The molecule has 2 aromatic rings. The summed E-state index contributed by atoms with van der Waals surface area (Å²) in [5.74, 6) is 1.61. The van der Waals surface area contributed by atoms with Crippen LogP contribution in [-0.4, -0.2) is 18.2 Å². The minimum absolute atomic E-state index is 0.691. The molecule has 0 amide bonds. The Bertz CT molecular complexity index is 631. The highest BCUT2D eigenvalue weighted by molar-refractivity contribution is 7.99. The van der Waals surface area contributed by atoms with Crippen molar-refractivity contribution in [3.63, 3.8) is 0 Å². The van der Waals surface area contributed by atoms with E-state index in [4.69, 9.17) is 15.2 Å². The van der Waals surface area contributed by atoms with Gasteiger partial charge in [0, 0.05) is 23.2 Å². The van der Waals surface area contributed by atoms with Crippen LogP contribution >= 0.6 is 11.8 Å². The van der Waals surface area contributed by atoms with Gasteiger partial charge in [0.1, 0.15) is 5.03 Å². The monoisotopic (exact) mass is 288 g/mol. The lowest BCUT2D eigenvalue weighted by Gasteiger charge is -2.09. The van der Waals surface area contributed by atoms with Crippen LogP contribution in [0.4, 0.5) is 5.69 Å². The SMILES string of the molecule is Cc1cnc(Sc2ccc3c(c2)OCCCO3)cc1N. The molecule has 0 spiro atoms. The summed E-state index contributed by atoms with van der Waals surface area (Å²) >= 11 is 1.56. The number of benzene rings is 1. The summed E-state index contributed by atoms with van der Waals surface area (Å²) in [5, 5.41) is 0.877. The zero-order chi connectivity index (χ0) is 13.9. The number of nitrogens with zero attached hydrogens (tertiary/aromatic N) is 1. The average molecular weight is 288 g/mol. The Hall–Kier alpha value is -1.88. The van der Waals surface area contributed by atoms with E-state index in [2.05, 4.69) is 4.98 Å². The largest absolute Gasteiger partial charge is 0.490 e. The van der Waals surface area contributed by atoms with Gasteiger partial charge in [-0.1, -0.05) is 11.8 Å². The minimum atomic E-state index is 0.691. The van der Waals surface area contributed by atoms with E-state index in [0.717, 1.165) is 39.1 Å². The van der Waals surface area contributed by atoms with Gasteiger partial charge in [0.2, 0.25) is 0 Å². The normalized spacial score (nSPS) is 13.8. The molecule has 4 nitrogen and oxygen atoms in total. The summed E-state index contributed by atoms with van der Waals surface area (Å²) in [5.41, 5.74) is 7.66. The van der Waals surface area contributed by atoms with Gasteiger partial charge in [0.25, 0.3) is 0 Å². The Morgan fingerprint density at radius 2 is 1.95 bits per heavy atom. The van der Waals surface area contributed by atoms with Crippen LogP contribution in [0.5, 0.6) is 11.5 Å². The zero-order valence-corrected chi connectivity index (χ0v) is 12.1. The molecule has 1 aliphatic rings. The number of aromatic nitrogens is 1. The number of rotatable bonds is 2. The molecule has 2 heterocycles. The van der Waals surface area contributed by atoms with E-state index in [-0.39, 0.29) is 0 Å². The fourth-order valence-corrected chi connectivity index (χ4v) is 2.74. The number of aryl methyl sites for hydroxylation is 1. The summed E-state index contributed by atoms with van der Waals surface area (Å²) < 4.78 is 11.3. The molecule has 0 atom stereocenters. The standard InChI is InChI=1S/C15H16N2O2S/c1-10-9-17-15(8-12(10)16)20-11-3-4-13-14(7-11)19-6-2-5-18-13/h3-4,7-9H,2,5-6H2,1H3,(H2,16,17).